The van der Waals surface area contributed by atoms with E-state index in [1.165, 1.54) is 0 Å². The number of amides is 1. The zero-order valence-electron chi connectivity index (χ0n) is 8.90. The summed E-state index contributed by atoms with van der Waals surface area (Å²) >= 11 is 6.74. The molecule has 1 amide bonds. The predicted octanol–water partition coefficient (Wildman–Crippen LogP) is 3.87. The van der Waals surface area contributed by atoms with E-state index in [2.05, 4.69) is 37.2 Å². The molecular weight excluding hydrogens is 322 g/mol. The number of hydrogen-bond acceptors (Lipinski definition) is 1. The summed E-state index contributed by atoms with van der Waals surface area (Å²) in [6.45, 7) is 5.59. The Balaban J connectivity index is 2.95. The van der Waals surface area contributed by atoms with Crippen molar-refractivity contribution >= 4 is 43.5 Å². The number of anilines is 1. The molecule has 0 aromatic heterocycles. The van der Waals surface area contributed by atoms with Gasteiger partial charge in [-0.2, -0.15) is 0 Å². The molecule has 0 atom stereocenters. The average Bonchev–Trinajstić information content (AvgIpc) is 2.09. The van der Waals surface area contributed by atoms with Gasteiger partial charge in [0.2, 0.25) is 5.91 Å². The van der Waals surface area contributed by atoms with Crippen LogP contribution in [-0.2, 0) is 4.79 Å². The van der Waals surface area contributed by atoms with Gasteiger partial charge in [-0.1, -0.05) is 28.1 Å². The van der Waals surface area contributed by atoms with Crippen molar-refractivity contribution in [2.75, 3.05) is 5.32 Å². The fourth-order valence-electron chi connectivity index (χ4n) is 1.05. The van der Waals surface area contributed by atoms with Gasteiger partial charge in [0.25, 0.3) is 0 Å². The first-order chi connectivity index (χ1) is 6.82. The SMILES string of the molecule is Cc1cccc(Br)c1NC(=O)C(C)(C)Br. The van der Waals surface area contributed by atoms with Crippen LogP contribution in [0.2, 0.25) is 0 Å². The van der Waals surface area contributed by atoms with Crippen LogP contribution in [0.25, 0.3) is 0 Å². The summed E-state index contributed by atoms with van der Waals surface area (Å²) < 4.78 is 0.335. The average molecular weight is 335 g/mol. The third-order valence-electron chi connectivity index (χ3n) is 2.00. The molecule has 0 unspecified atom stereocenters. The second kappa shape index (κ2) is 4.66. The second-order valence-electron chi connectivity index (χ2n) is 3.86. The maximum absolute atomic E-state index is 11.8. The molecule has 0 radical (unpaired) electrons. The summed E-state index contributed by atoms with van der Waals surface area (Å²) in [5, 5.41) is 2.89. The molecule has 0 heterocycles. The first-order valence-electron chi connectivity index (χ1n) is 4.58. The number of nitrogens with one attached hydrogen (secondary N) is 1. The summed E-state index contributed by atoms with van der Waals surface area (Å²) in [5.74, 6) is -0.0579. The molecule has 1 aromatic carbocycles. The molecule has 0 saturated heterocycles. The number of carbonyl (C=O) groups excluding carboxylic acids is 1. The predicted molar refractivity (Wildman–Crippen MR) is 70.5 cm³/mol. The Bertz CT molecular complexity index is 362. The molecule has 0 fully saturated rings. The number of halogens is 2. The molecule has 0 bridgehead atoms. The van der Waals surface area contributed by atoms with Crippen molar-refractivity contribution < 1.29 is 4.79 Å². The van der Waals surface area contributed by atoms with Gasteiger partial charge in [-0.05, 0) is 48.3 Å². The topological polar surface area (TPSA) is 29.1 Å². The summed E-state index contributed by atoms with van der Waals surface area (Å²) in [6.07, 6.45) is 0. The molecule has 2 nitrogen and oxygen atoms in total. The molecule has 1 N–H and O–H groups in total. The Labute approximate surface area is 107 Å². The van der Waals surface area contributed by atoms with Gasteiger partial charge in [0.05, 0.1) is 10.0 Å². The zero-order chi connectivity index (χ0) is 11.6. The summed E-state index contributed by atoms with van der Waals surface area (Å²) in [4.78, 5) is 11.8. The van der Waals surface area contributed by atoms with Crippen molar-refractivity contribution in [3.05, 3.63) is 28.2 Å². The van der Waals surface area contributed by atoms with Crippen LogP contribution in [0.3, 0.4) is 0 Å². The van der Waals surface area contributed by atoms with Crippen molar-refractivity contribution in [3.8, 4) is 0 Å². The number of carbonyl (C=O) groups is 1. The Morgan fingerprint density at radius 3 is 2.47 bits per heavy atom. The molecule has 4 heteroatoms. The minimum Gasteiger partial charge on any atom is -0.324 e. The Kier molecular flexibility index (Phi) is 3.95. The van der Waals surface area contributed by atoms with Crippen LogP contribution < -0.4 is 5.32 Å². The number of rotatable bonds is 2. The lowest BCUT2D eigenvalue weighted by Gasteiger charge is -2.17. The minimum absolute atomic E-state index is 0.0579. The van der Waals surface area contributed by atoms with Crippen molar-refractivity contribution in [2.45, 2.75) is 25.1 Å². The minimum atomic E-state index is -0.561. The Morgan fingerprint density at radius 1 is 1.40 bits per heavy atom. The van der Waals surface area contributed by atoms with Crippen LogP contribution in [-0.4, -0.2) is 10.2 Å². The largest absolute Gasteiger partial charge is 0.324 e. The fourth-order valence-corrected chi connectivity index (χ4v) is 1.72. The lowest BCUT2D eigenvalue weighted by atomic mass is 10.1. The molecule has 0 saturated carbocycles. The lowest BCUT2D eigenvalue weighted by Crippen LogP contribution is -2.31. The summed E-state index contributed by atoms with van der Waals surface area (Å²) in [7, 11) is 0. The van der Waals surface area contributed by atoms with E-state index in [9.17, 15) is 4.79 Å². The Hall–Kier alpha value is -0.350. The first kappa shape index (κ1) is 12.7. The van der Waals surface area contributed by atoms with E-state index in [4.69, 9.17) is 0 Å². The molecule has 1 rings (SSSR count). The van der Waals surface area contributed by atoms with Crippen molar-refractivity contribution in [1.29, 1.82) is 0 Å². The highest BCUT2D eigenvalue weighted by Gasteiger charge is 2.24. The molecule has 15 heavy (non-hydrogen) atoms. The van der Waals surface area contributed by atoms with E-state index in [0.717, 1.165) is 15.7 Å². The van der Waals surface area contributed by atoms with Crippen LogP contribution in [0, 0.1) is 6.92 Å². The highest BCUT2D eigenvalue weighted by atomic mass is 79.9. The maximum atomic E-state index is 11.8. The van der Waals surface area contributed by atoms with Gasteiger partial charge in [-0.15, -0.1) is 0 Å². The van der Waals surface area contributed by atoms with Gasteiger partial charge in [-0.3, -0.25) is 4.79 Å². The standard InChI is InChI=1S/C11H13Br2NO/c1-7-5-4-6-8(12)9(7)14-10(15)11(2,3)13/h4-6H,1-3H3,(H,14,15). The van der Waals surface area contributed by atoms with Crippen LogP contribution in [0.5, 0.6) is 0 Å². The monoisotopic (exact) mass is 333 g/mol. The molecule has 0 aliphatic heterocycles. The molecule has 82 valence electrons. The first-order valence-corrected chi connectivity index (χ1v) is 6.16. The highest BCUT2D eigenvalue weighted by molar-refractivity contribution is 9.10. The van der Waals surface area contributed by atoms with Gasteiger partial charge in [0.1, 0.15) is 0 Å². The third kappa shape index (κ3) is 3.31. The van der Waals surface area contributed by atoms with Crippen LogP contribution in [0.4, 0.5) is 5.69 Å². The number of hydrogen-bond donors (Lipinski definition) is 1. The molecule has 0 spiro atoms. The number of benzene rings is 1. The smallest absolute Gasteiger partial charge is 0.240 e. The van der Waals surface area contributed by atoms with E-state index in [-0.39, 0.29) is 5.91 Å². The van der Waals surface area contributed by atoms with E-state index in [0.29, 0.717) is 0 Å². The normalized spacial score (nSPS) is 11.3. The highest BCUT2D eigenvalue weighted by Crippen LogP contribution is 2.27. The molecule has 1 aromatic rings. The quantitative estimate of drug-likeness (QED) is 0.817. The van der Waals surface area contributed by atoms with Gasteiger partial charge in [0.15, 0.2) is 0 Å². The third-order valence-corrected chi connectivity index (χ3v) is 3.02. The van der Waals surface area contributed by atoms with Gasteiger partial charge in [0, 0.05) is 4.47 Å². The van der Waals surface area contributed by atoms with Gasteiger partial charge >= 0.3 is 0 Å². The van der Waals surface area contributed by atoms with E-state index < -0.39 is 4.32 Å². The zero-order valence-corrected chi connectivity index (χ0v) is 12.1. The van der Waals surface area contributed by atoms with Crippen LogP contribution in [0.1, 0.15) is 19.4 Å². The van der Waals surface area contributed by atoms with Crippen molar-refractivity contribution in [1.82, 2.24) is 0 Å². The van der Waals surface area contributed by atoms with Gasteiger partial charge < -0.3 is 5.32 Å². The number of aryl methyl sites for hydroxylation is 1. The number of alkyl halides is 1. The van der Waals surface area contributed by atoms with Crippen LogP contribution >= 0.6 is 31.9 Å². The molecule has 0 aliphatic carbocycles. The van der Waals surface area contributed by atoms with E-state index in [1.54, 1.807) is 0 Å². The maximum Gasteiger partial charge on any atom is 0.240 e. The summed E-state index contributed by atoms with van der Waals surface area (Å²) in [6, 6.07) is 5.81. The second-order valence-corrected chi connectivity index (χ2v) is 6.70. The van der Waals surface area contributed by atoms with Crippen LogP contribution in [0.15, 0.2) is 22.7 Å². The molecule has 0 aliphatic rings. The summed E-state index contributed by atoms with van der Waals surface area (Å²) in [5.41, 5.74) is 1.87. The fraction of sp³-hybridized carbons (Fsp3) is 0.364. The molecular formula is C11H13Br2NO. The lowest BCUT2D eigenvalue weighted by molar-refractivity contribution is -0.117. The van der Waals surface area contributed by atoms with Gasteiger partial charge in [-0.25, -0.2) is 0 Å². The van der Waals surface area contributed by atoms with Crippen molar-refractivity contribution in [2.24, 2.45) is 0 Å². The van der Waals surface area contributed by atoms with E-state index in [1.807, 2.05) is 39.0 Å². The Morgan fingerprint density at radius 2 is 2.00 bits per heavy atom. The number of para-hydroxylation sites is 1. The van der Waals surface area contributed by atoms with E-state index >= 15 is 0 Å². The van der Waals surface area contributed by atoms with Crippen molar-refractivity contribution in [3.63, 3.8) is 0 Å².